The first-order valence-electron chi connectivity index (χ1n) is 11.1. The minimum Gasteiger partial charge on any atom is -0.465 e. The van der Waals surface area contributed by atoms with Crippen LogP contribution >= 0.6 is 0 Å². The lowest BCUT2D eigenvalue weighted by Crippen LogP contribution is -2.32. The zero-order valence-corrected chi connectivity index (χ0v) is 17.2. The lowest BCUT2D eigenvalue weighted by atomic mass is 10.1. The van der Waals surface area contributed by atoms with Crippen LogP contribution in [0.4, 0.5) is 0 Å². The van der Waals surface area contributed by atoms with Crippen LogP contribution in [0.3, 0.4) is 0 Å². The zero-order valence-electron chi connectivity index (χ0n) is 17.2. The molecule has 150 valence electrons. The van der Waals surface area contributed by atoms with Crippen LogP contribution in [0.5, 0.6) is 0 Å². The largest absolute Gasteiger partial charge is 0.465 e. The first-order valence-corrected chi connectivity index (χ1v) is 11.1. The molecule has 0 fully saturated rings. The molecule has 0 spiro atoms. The predicted octanol–water partition coefficient (Wildman–Crippen LogP) is 6.53. The van der Waals surface area contributed by atoms with Crippen molar-refractivity contribution in [1.29, 1.82) is 0 Å². The Morgan fingerprint density at radius 1 is 0.680 bits per heavy atom. The third-order valence-electron chi connectivity index (χ3n) is 4.91. The summed E-state index contributed by atoms with van der Waals surface area (Å²) in [4.78, 5) is 11.8. The molecule has 0 aliphatic heterocycles. The van der Waals surface area contributed by atoms with Crippen LogP contribution in [0.1, 0.15) is 123 Å². The maximum Gasteiger partial charge on any atom is 0.322 e. The maximum absolute atomic E-state index is 11.8. The summed E-state index contributed by atoms with van der Waals surface area (Å²) in [6.45, 7) is 4.99. The van der Waals surface area contributed by atoms with E-state index in [-0.39, 0.29) is 5.97 Å². The van der Waals surface area contributed by atoms with Crippen molar-refractivity contribution in [2.75, 3.05) is 6.61 Å². The van der Waals surface area contributed by atoms with Crippen LogP contribution < -0.4 is 5.73 Å². The van der Waals surface area contributed by atoms with E-state index in [1.807, 2.05) is 0 Å². The molecule has 0 rings (SSSR count). The number of rotatable bonds is 19. The Balaban J connectivity index is 3.25. The van der Waals surface area contributed by atoms with Gasteiger partial charge in [0.05, 0.1) is 6.61 Å². The summed E-state index contributed by atoms with van der Waals surface area (Å²) in [7, 11) is 0. The van der Waals surface area contributed by atoms with Crippen LogP contribution in [0.2, 0.25) is 0 Å². The van der Waals surface area contributed by atoms with Crippen molar-refractivity contribution < 1.29 is 9.53 Å². The lowest BCUT2D eigenvalue weighted by Gasteiger charge is -2.11. The second kappa shape index (κ2) is 19.8. The van der Waals surface area contributed by atoms with Gasteiger partial charge < -0.3 is 10.5 Å². The molecular weight excluding hydrogens is 310 g/mol. The highest BCUT2D eigenvalue weighted by Gasteiger charge is 2.13. The molecule has 1 unspecified atom stereocenters. The van der Waals surface area contributed by atoms with Gasteiger partial charge in [-0.2, -0.15) is 0 Å². The number of hydrogen-bond acceptors (Lipinski definition) is 3. The highest BCUT2D eigenvalue weighted by molar-refractivity contribution is 5.75. The maximum atomic E-state index is 11.8. The summed E-state index contributed by atoms with van der Waals surface area (Å²) >= 11 is 0. The molecular formula is C22H45NO2. The van der Waals surface area contributed by atoms with E-state index >= 15 is 0 Å². The minimum atomic E-state index is -0.422. The summed E-state index contributed by atoms with van der Waals surface area (Å²) in [5.41, 5.74) is 5.87. The normalized spacial score (nSPS) is 12.3. The third kappa shape index (κ3) is 18.0. The van der Waals surface area contributed by atoms with Crippen molar-refractivity contribution in [3.63, 3.8) is 0 Å². The Labute approximate surface area is 157 Å². The summed E-state index contributed by atoms with van der Waals surface area (Å²) in [6.07, 6.45) is 21.2. The summed E-state index contributed by atoms with van der Waals surface area (Å²) in [5, 5.41) is 0. The van der Waals surface area contributed by atoms with Gasteiger partial charge in [0.1, 0.15) is 6.04 Å². The molecule has 0 aliphatic rings. The summed E-state index contributed by atoms with van der Waals surface area (Å²) in [5.74, 6) is -0.209. The van der Waals surface area contributed by atoms with E-state index in [4.69, 9.17) is 10.5 Å². The number of hydrogen-bond donors (Lipinski definition) is 1. The standard InChI is InChI=1S/C22H45NO2/c1-3-5-7-9-10-11-12-13-14-15-16-18-20-25-22(24)21(23)19-17-8-6-4-2/h21H,3-20,23H2,1-2H3. The van der Waals surface area contributed by atoms with Crippen LogP contribution in [-0.4, -0.2) is 18.6 Å². The summed E-state index contributed by atoms with van der Waals surface area (Å²) < 4.78 is 5.29. The number of ether oxygens (including phenoxy) is 1. The van der Waals surface area contributed by atoms with Gasteiger partial charge in [0.25, 0.3) is 0 Å². The van der Waals surface area contributed by atoms with Crippen LogP contribution in [0, 0.1) is 0 Å². The van der Waals surface area contributed by atoms with Crippen molar-refractivity contribution in [2.24, 2.45) is 5.73 Å². The van der Waals surface area contributed by atoms with Crippen molar-refractivity contribution in [3.8, 4) is 0 Å². The molecule has 3 heteroatoms. The number of carbonyl (C=O) groups is 1. The van der Waals surface area contributed by atoms with Crippen molar-refractivity contribution in [1.82, 2.24) is 0 Å². The Kier molecular flexibility index (Phi) is 19.3. The quantitative estimate of drug-likeness (QED) is 0.212. The molecule has 0 aliphatic carbocycles. The number of esters is 1. The van der Waals surface area contributed by atoms with E-state index in [1.165, 1.54) is 77.0 Å². The fourth-order valence-corrected chi connectivity index (χ4v) is 3.13. The SMILES string of the molecule is CCCCCCCCCCCCCCOC(=O)C(N)CCCCCC. The fraction of sp³-hybridized carbons (Fsp3) is 0.955. The van der Waals surface area contributed by atoms with Gasteiger partial charge in [0, 0.05) is 0 Å². The van der Waals surface area contributed by atoms with Crippen LogP contribution in [0.15, 0.2) is 0 Å². The second-order valence-corrected chi connectivity index (χ2v) is 7.51. The zero-order chi connectivity index (χ0) is 18.6. The molecule has 2 N–H and O–H groups in total. The number of carbonyl (C=O) groups excluding carboxylic acids is 1. The Hall–Kier alpha value is -0.570. The van der Waals surface area contributed by atoms with Gasteiger partial charge in [0.15, 0.2) is 0 Å². The molecule has 0 bridgehead atoms. The van der Waals surface area contributed by atoms with E-state index in [1.54, 1.807) is 0 Å². The first kappa shape index (κ1) is 24.4. The topological polar surface area (TPSA) is 52.3 Å². The Morgan fingerprint density at radius 3 is 1.56 bits per heavy atom. The Morgan fingerprint density at radius 2 is 1.08 bits per heavy atom. The highest BCUT2D eigenvalue weighted by Crippen LogP contribution is 2.12. The Bertz CT molecular complexity index is 281. The molecule has 0 radical (unpaired) electrons. The molecule has 3 nitrogen and oxygen atoms in total. The van der Waals surface area contributed by atoms with Gasteiger partial charge in [-0.1, -0.05) is 110 Å². The smallest absolute Gasteiger partial charge is 0.322 e. The van der Waals surface area contributed by atoms with Gasteiger partial charge in [-0.05, 0) is 12.8 Å². The molecule has 0 saturated carbocycles. The van der Waals surface area contributed by atoms with Crippen molar-refractivity contribution >= 4 is 5.97 Å². The molecule has 0 amide bonds. The van der Waals surface area contributed by atoms with Crippen molar-refractivity contribution in [2.45, 2.75) is 129 Å². The van der Waals surface area contributed by atoms with Crippen LogP contribution in [-0.2, 0) is 9.53 Å². The monoisotopic (exact) mass is 355 g/mol. The highest BCUT2D eigenvalue weighted by atomic mass is 16.5. The molecule has 0 heterocycles. The molecule has 0 saturated heterocycles. The average molecular weight is 356 g/mol. The first-order chi connectivity index (χ1) is 12.2. The minimum absolute atomic E-state index is 0.209. The second-order valence-electron chi connectivity index (χ2n) is 7.51. The van der Waals surface area contributed by atoms with Gasteiger partial charge >= 0.3 is 5.97 Å². The van der Waals surface area contributed by atoms with Gasteiger partial charge in [0.2, 0.25) is 0 Å². The molecule has 1 atom stereocenters. The lowest BCUT2D eigenvalue weighted by molar-refractivity contribution is -0.145. The molecule has 25 heavy (non-hydrogen) atoms. The molecule has 0 aromatic rings. The van der Waals surface area contributed by atoms with E-state index < -0.39 is 6.04 Å². The molecule has 0 aromatic heterocycles. The molecule has 0 aromatic carbocycles. The van der Waals surface area contributed by atoms with Crippen LogP contribution in [0.25, 0.3) is 0 Å². The predicted molar refractivity (Wildman–Crippen MR) is 109 cm³/mol. The van der Waals surface area contributed by atoms with Gasteiger partial charge in [-0.3, -0.25) is 4.79 Å². The van der Waals surface area contributed by atoms with E-state index in [0.717, 1.165) is 32.1 Å². The number of unbranched alkanes of at least 4 members (excludes halogenated alkanes) is 14. The third-order valence-corrected chi connectivity index (χ3v) is 4.91. The average Bonchev–Trinajstić information content (AvgIpc) is 2.62. The number of nitrogens with two attached hydrogens (primary N) is 1. The van der Waals surface area contributed by atoms with Gasteiger partial charge in [-0.25, -0.2) is 0 Å². The van der Waals surface area contributed by atoms with E-state index in [0.29, 0.717) is 6.61 Å². The van der Waals surface area contributed by atoms with E-state index in [2.05, 4.69) is 13.8 Å². The van der Waals surface area contributed by atoms with Crippen molar-refractivity contribution in [3.05, 3.63) is 0 Å². The fourth-order valence-electron chi connectivity index (χ4n) is 3.13. The van der Waals surface area contributed by atoms with E-state index in [9.17, 15) is 4.79 Å². The summed E-state index contributed by atoms with van der Waals surface area (Å²) in [6, 6.07) is -0.422. The van der Waals surface area contributed by atoms with Gasteiger partial charge in [-0.15, -0.1) is 0 Å².